The lowest BCUT2D eigenvalue weighted by atomic mass is 10.1. The van der Waals surface area contributed by atoms with Gasteiger partial charge in [0, 0.05) is 22.1 Å². The predicted molar refractivity (Wildman–Crippen MR) is 285 cm³/mol. The first-order chi connectivity index (χ1) is 38.1. The molecular weight excluding hydrogens is 1210 g/mol. The molecule has 0 atom stereocenters. The summed E-state index contributed by atoms with van der Waals surface area (Å²) >= 11 is 0. The van der Waals surface area contributed by atoms with Gasteiger partial charge in [0.15, 0.2) is 0 Å². The van der Waals surface area contributed by atoms with E-state index in [1.54, 1.807) is 0 Å². The summed E-state index contributed by atoms with van der Waals surface area (Å²) in [6, 6.07) is 22.0. The molecule has 0 saturated heterocycles. The van der Waals surface area contributed by atoms with Crippen molar-refractivity contribution in [2.24, 2.45) is 40.9 Å². The molecule has 0 aliphatic carbocycles. The number of aromatic hydroxyl groups is 2. The van der Waals surface area contributed by atoms with Gasteiger partial charge in [-0.3, -0.25) is 27.3 Å². The Morgan fingerprint density at radius 1 is 0.341 bits per heavy atom. The van der Waals surface area contributed by atoms with Crippen molar-refractivity contribution >= 4 is 145 Å². The largest absolute Gasteiger partial charge is 0.506 e. The summed E-state index contributed by atoms with van der Waals surface area (Å²) in [5.74, 6) is -1.91. The molecule has 8 aromatic rings. The van der Waals surface area contributed by atoms with Crippen molar-refractivity contribution < 1.29 is 92.8 Å². The second kappa shape index (κ2) is 22.2. The number of phenolic OH excluding ortho intramolecular Hbond substituents is 2. The predicted octanol–water partition coefficient (Wildman–Crippen LogP) is 10.2. The fourth-order valence-corrected chi connectivity index (χ4v) is 11.3. The molecule has 0 saturated carbocycles. The van der Waals surface area contributed by atoms with Crippen LogP contribution in [0.4, 0.5) is 61.7 Å². The molecule has 0 radical (unpaired) electrons. The molecule has 31 nitrogen and oxygen atoms in total. The van der Waals surface area contributed by atoms with Crippen LogP contribution in [0.5, 0.6) is 11.5 Å². The van der Waals surface area contributed by atoms with Gasteiger partial charge in [0.25, 0.3) is 60.7 Å². The Hall–Kier alpha value is -8.99. The van der Waals surface area contributed by atoms with Gasteiger partial charge in [0.2, 0.25) is 0 Å². The van der Waals surface area contributed by atoms with Crippen molar-refractivity contribution in [3.8, 4) is 11.5 Å². The van der Waals surface area contributed by atoms with E-state index in [1.165, 1.54) is 0 Å². The van der Waals surface area contributed by atoms with Crippen LogP contribution in [0.1, 0.15) is 0 Å². The number of phenols is 2. The molecule has 0 unspecified atom stereocenters. The van der Waals surface area contributed by atoms with Crippen LogP contribution in [0.2, 0.25) is 0 Å². The summed E-state index contributed by atoms with van der Waals surface area (Å²) in [5, 5.41) is 55.9. The molecule has 0 heterocycles. The lowest BCUT2D eigenvalue weighted by Crippen LogP contribution is -2.19. The third-order valence-electron chi connectivity index (χ3n) is 10.9. The number of rotatable bonds is 16. The van der Waals surface area contributed by atoms with Crippen molar-refractivity contribution in [3.05, 3.63) is 133 Å². The summed E-state index contributed by atoms with van der Waals surface area (Å²) < 4.78 is 205. The molecular formula is C45H32N10O21S6. The first-order valence-corrected chi connectivity index (χ1v) is 30.5. The third-order valence-corrected chi connectivity index (χ3v) is 16.3. The number of hydrogen-bond acceptors (Lipinski definition) is 23. The van der Waals surface area contributed by atoms with Crippen molar-refractivity contribution in [2.45, 2.75) is 29.4 Å². The van der Waals surface area contributed by atoms with Gasteiger partial charge >= 0.3 is 6.03 Å². The summed E-state index contributed by atoms with van der Waals surface area (Å²) in [5.41, 5.74) is -3.53. The number of anilines is 2. The van der Waals surface area contributed by atoms with Crippen LogP contribution in [-0.4, -0.2) is 94.1 Å². The van der Waals surface area contributed by atoms with Gasteiger partial charge in [-0.2, -0.15) is 71.0 Å². The van der Waals surface area contributed by atoms with E-state index in [1.807, 2.05) is 0 Å². The minimum absolute atomic E-state index is 0.0538. The highest BCUT2D eigenvalue weighted by Crippen LogP contribution is 2.44. The first-order valence-electron chi connectivity index (χ1n) is 21.8. The van der Waals surface area contributed by atoms with Gasteiger partial charge in [-0.15, -0.1) is 20.5 Å². The van der Waals surface area contributed by atoms with Gasteiger partial charge in [-0.1, -0.05) is 12.1 Å². The van der Waals surface area contributed by atoms with Crippen molar-refractivity contribution in [2.75, 3.05) is 10.6 Å². The highest BCUT2D eigenvalue weighted by Gasteiger charge is 2.27. The highest BCUT2D eigenvalue weighted by molar-refractivity contribution is 7.87. The fourth-order valence-electron chi connectivity index (χ4n) is 7.38. The average molecular weight is 1240 g/mol. The molecule has 8 aromatic carbocycles. The van der Waals surface area contributed by atoms with Crippen LogP contribution in [0.3, 0.4) is 0 Å². The molecule has 2 amide bonds. The Morgan fingerprint density at radius 2 is 0.671 bits per heavy atom. The van der Waals surface area contributed by atoms with E-state index in [4.69, 9.17) is 9.11 Å². The number of urea groups is 1. The second-order valence-electron chi connectivity index (χ2n) is 16.5. The van der Waals surface area contributed by atoms with Crippen LogP contribution in [0.25, 0.3) is 21.5 Å². The smallest absolute Gasteiger partial charge is 0.323 e. The lowest BCUT2D eigenvalue weighted by Gasteiger charge is -2.13. The summed E-state index contributed by atoms with van der Waals surface area (Å²) in [6.07, 6.45) is 0. The number of benzene rings is 8. The van der Waals surface area contributed by atoms with E-state index in [0.29, 0.717) is 0 Å². The molecule has 10 N–H and O–H groups in total. The maximum atomic E-state index is 13.3. The quantitative estimate of drug-likeness (QED) is 0.0317. The van der Waals surface area contributed by atoms with Crippen molar-refractivity contribution in [3.63, 3.8) is 0 Å². The normalized spacial score (nSPS) is 13.0. The minimum atomic E-state index is -5.32. The maximum absolute atomic E-state index is 13.3. The Balaban J connectivity index is 1.02. The Morgan fingerprint density at radius 3 is 0.988 bits per heavy atom. The van der Waals surface area contributed by atoms with Crippen LogP contribution >= 0.6 is 0 Å². The van der Waals surface area contributed by atoms with Crippen molar-refractivity contribution in [1.29, 1.82) is 0 Å². The van der Waals surface area contributed by atoms with E-state index in [0.717, 1.165) is 133 Å². The summed E-state index contributed by atoms with van der Waals surface area (Å²) in [4.78, 5) is 8.42. The molecule has 424 valence electrons. The van der Waals surface area contributed by atoms with E-state index >= 15 is 0 Å². The molecule has 82 heavy (non-hydrogen) atoms. The Kier molecular flexibility index (Phi) is 16.0. The standard InChI is InChI=1S/C45H32N10O21S6/c56-37-19-23-17-27(5-13-33(23)43(81(71,72)73)41(37)54-52-35-15-7-29(21-39(35)79(65,66)67)50-48-25-1-9-31(10-2-25)77(59,60)61)46-45(58)47-28-6-14-34-24(18-28)20-38(57)42(44(34)82(74,75)76)55-53-36-16-8-30(22-40(36)80(68,69)70)51-49-26-3-11-32(12-4-26)78(62,63)64/h1-22,56-57H,(H2,46,47,58)(H,59,60,61)(H,62,63,64)(H,65,66,67)(H,68,69,70)(H,71,72,73)(H,74,75,76)/b50-48-,51-49-,54-52-,55-53-. The van der Waals surface area contributed by atoms with E-state index in [9.17, 15) is 83.7 Å². The van der Waals surface area contributed by atoms with Gasteiger partial charge in [0.05, 0.1) is 32.5 Å². The zero-order valence-electron chi connectivity index (χ0n) is 40.1. The number of nitrogens with one attached hydrogen (secondary N) is 2. The summed E-state index contributed by atoms with van der Waals surface area (Å²) in [6.45, 7) is 0. The number of carbonyl (C=O) groups is 1. The van der Waals surface area contributed by atoms with Crippen molar-refractivity contribution in [1.82, 2.24) is 0 Å². The topological polar surface area (TPSA) is 507 Å². The second-order valence-corrected chi connectivity index (χ2v) is 24.9. The third kappa shape index (κ3) is 13.8. The van der Waals surface area contributed by atoms with Crippen LogP contribution in [-0.2, 0) is 60.7 Å². The van der Waals surface area contributed by atoms with Crippen LogP contribution < -0.4 is 10.6 Å². The molecule has 0 aliphatic heterocycles. The maximum Gasteiger partial charge on any atom is 0.323 e. The lowest BCUT2D eigenvalue weighted by molar-refractivity contribution is 0.262. The Bertz CT molecular complexity index is 4530. The first kappa shape index (κ1) is 59.1. The monoisotopic (exact) mass is 1240 g/mol. The average Bonchev–Trinajstić information content (AvgIpc) is 3.56. The van der Waals surface area contributed by atoms with Gasteiger partial charge in [-0.25, -0.2) is 4.79 Å². The molecule has 8 rings (SSSR count). The molecule has 0 fully saturated rings. The van der Waals surface area contributed by atoms with Gasteiger partial charge in [0.1, 0.15) is 53.8 Å². The minimum Gasteiger partial charge on any atom is -0.506 e. The molecule has 37 heteroatoms. The van der Waals surface area contributed by atoms with E-state index < -0.39 is 130 Å². The number of nitrogens with zero attached hydrogens (tertiary/aromatic N) is 8. The molecule has 0 aliphatic rings. The molecule has 0 bridgehead atoms. The number of azo groups is 4. The summed E-state index contributed by atoms with van der Waals surface area (Å²) in [7, 11) is -29.9. The number of fused-ring (bicyclic) bond motifs is 2. The van der Waals surface area contributed by atoms with E-state index in [2.05, 4.69) is 51.5 Å². The highest BCUT2D eigenvalue weighted by atomic mass is 32.2. The zero-order valence-corrected chi connectivity index (χ0v) is 45.0. The zero-order chi connectivity index (χ0) is 59.9. The van der Waals surface area contributed by atoms with Crippen LogP contribution in [0.15, 0.2) is 204 Å². The molecule has 0 aromatic heterocycles. The number of hydrogen-bond donors (Lipinski definition) is 10. The fraction of sp³-hybridized carbons (Fsp3) is 0. The molecule has 0 spiro atoms. The number of carbonyl (C=O) groups excluding carboxylic acids is 1. The SMILES string of the molecule is O=C(Nc1ccc2c(S(=O)(=O)O)c(/N=N\c3ccc(/N=N\c4ccc(S(=O)(=O)O)cc4)cc3S(=O)(=O)O)c(O)cc2c1)Nc1ccc2c(S(=O)(=O)O)c(/N=N\c3ccc(/N=N\c4ccc(S(=O)(=O)O)cc4)cc3S(=O)(=O)O)c(O)cc2c1. The van der Waals surface area contributed by atoms with Gasteiger partial charge in [-0.05, 0) is 132 Å². The number of amides is 2. The Labute approximate surface area is 461 Å². The van der Waals surface area contributed by atoms with E-state index in [-0.39, 0.29) is 55.7 Å². The van der Waals surface area contributed by atoms with Crippen LogP contribution in [0, 0.1) is 0 Å². The van der Waals surface area contributed by atoms with Gasteiger partial charge < -0.3 is 20.8 Å².